The van der Waals surface area contributed by atoms with Crippen LogP contribution in [0.4, 0.5) is 4.39 Å². The Morgan fingerprint density at radius 2 is 1.89 bits per heavy atom. The van der Waals surface area contributed by atoms with E-state index in [2.05, 4.69) is 4.98 Å². The van der Waals surface area contributed by atoms with E-state index in [1.54, 1.807) is 30.5 Å². The van der Waals surface area contributed by atoms with Crippen LogP contribution in [0.1, 0.15) is 11.1 Å². The van der Waals surface area contributed by atoms with Crippen LogP contribution in [0.15, 0.2) is 48.8 Å². The van der Waals surface area contributed by atoms with E-state index in [0.717, 1.165) is 5.56 Å². The van der Waals surface area contributed by atoms with E-state index in [9.17, 15) is 9.50 Å². The molecule has 5 heteroatoms. The number of nitrogens with zero attached hydrogens (tertiary/aromatic N) is 1. The summed E-state index contributed by atoms with van der Waals surface area (Å²) in [5.74, 6) is -0.310. The zero-order chi connectivity index (χ0) is 12.3. The van der Waals surface area contributed by atoms with Crippen LogP contribution in [0.2, 0.25) is 0 Å². The minimum atomic E-state index is -1.49. The van der Waals surface area contributed by atoms with Crippen molar-refractivity contribution in [2.75, 3.05) is 0 Å². The van der Waals surface area contributed by atoms with Gasteiger partial charge in [0, 0.05) is 24.4 Å². The summed E-state index contributed by atoms with van der Waals surface area (Å²) in [5, 5.41) is 10.2. The molecule has 0 saturated carbocycles. The van der Waals surface area contributed by atoms with Crippen LogP contribution in [0.25, 0.3) is 0 Å². The Labute approximate surface area is 111 Å². The molecule has 3 nitrogen and oxygen atoms in total. The van der Waals surface area contributed by atoms with Gasteiger partial charge in [0.2, 0.25) is 0 Å². The smallest absolute Gasteiger partial charge is 0.145 e. The number of hydrogen-bond donors (Lipinski definition) is 2. The van der Waals surface area contributed by atoms with Gasteiger partial charge in [-0.05, 0) is 23.8 Å². The van der Waals surface area contributed by atoms with Crippen molar-refractivity contribution in [1.82, 2.24) is 4.98 Å². The zero-order valence-corrected chi connectivity index (χ0v) is 10.4. The molecule has 1 heterocycles. The Hall–Kier alpha value is -1.49. The average molecular weight is 269 g/mol. The highest BCUT2D eigenvalue weighted by Crippen LogP contribution is 2.19. The first kappa shape index (κ1) is 14.6. The Kier molecular flexibility index (Phi) is 4.78. The monoisotopic (exact) mass is 268 g/mol. The van der Waals surface area contributed by atoms with Crippen molar-refractivity contribution in [1.29, 1.82) is 0 Å². The number of halogens is 2. The largest absolute Gasteiger partial charge is 0.371 e. The van der Waals surface area contributed by atoms with Crippen LogP contribution in [0.5, 0.6) is 0 Å². The van der Waals surface area contributed by atoms with Gasteiger partial charge in [0.05, 0.1) is 0 Å². The summed E-state index contributed by atoms with van der Waals surface area (Å²) in [7, 11) is 0. The first-order chi connectivity index (χ1) is 8.08. The topological polar surface area (TPSA) is 59.1 Å². The summed E-state index contributed by atoms with van der Waals surface area (Å²) >= 11 is 0. The molecule has 3 N–H and O–H groups in total. The van der Waals surface area contributed by atoms with Gasteiger partial charge in [0.25, 0.3) is 0 Å². The predicted octanol–water partition coefficient (Wildman–Crippen LogP) is 1.99. The molecule has 2 aromatic rings. The summed E-state index contributed by atoms with van der Waals surface area (Å²) in [6, 6.07) is 9.30. The number of rotatable bonds is 3. The van der Waals surface area contributed by atoms with Crippen molar-refractivity contribution in [2.24, 2.45) is 5.73 Å². The van der Waals surface area contributed by atoms with Crippen molar-refractivity contribution in [3.63, 3.8) is 0 Å². The number of benzene rings is 1. The summed E-state index contributed by atoms with van der Waals surface area (Å²) in [6.07, 6.45) is 3.33. The Bertz CT molecular complexity index is 488. The molecule has 0 bridgehead atoms. The first-order valence-electron chi connectivity index (χ1n) is 5.24. The highest BCUT2D eigenvalue weighted by Gasteiger charge is 2.24. The van der Waals surface area contributed by atoms with Crippen LogP contribution >= 0.6 is 12.4 Å². The van der Waals surface area contributed by atoms with E-state index in [4.69, 9.17) is 5.73 Å². The lowest BCUT2D eigenvalue weighted by Gasteiger charge is -2.23. The minimum absolute atomic E-state index is 0. The van der Waals surface area contributed by atoms with Gasteiger partial charge in [-0.1, -0.05) is 18.2 Å². The number of aliphatic hydroxyl groups is 1. The third-order valence-electron chi connectivity index (χ3n) is 2.55. The second kappa shape index (κ2) is 5.91. The van der Waals surface area contributed by atoms with Gasteiger partial charge in [-0.15, -0.1) is 12.4 Å². The average Bonchev–Trinajstić information content (AvgIpc) is 2.33. The van der Waals surface area contributed by atoms with Crippen molar-refractivity contribution in [3.8, 4) is 0 Å². The van der Waals surface area contributed by atoms with E-state index >= 15 is 0 Å². The zero-order valence-electron chi connectivity index (χ0n) is 9.58. The van der Waals surface area contributed by atoms with Crippen LogP contribution in [-0.2, 0) is 12.1 Å². The summed E-state index contributed by atoms with van der Waals surface area (Å²) in [5.41, 5.74) is 5.63. The molecule has 0 aliphatic rings. The molecule has 1 aromatic carbocycles. The Balaban J connectivity index is 0.00000162. The maximum Gasteiger partial charge on any atom is 0.145 e. The van der Waals surface area contributed by atoms with Gasteiger partial charge in [-0.3, -0.25) is 10.7 Å². The number of hydrogen-bond acceptors (Lipinski definition) is 3. The predicted molar refractivity (Wildman–Crippen MR) is 69.7 cm³/mol. The van der Waals surface area contributed by atoms with Gasteiger partial charge in [0.1, 0.15) is 11.5 Å². The first-order valence-corrected chi connectivity index (χ1v) is 5.24. The van der Waals surface area contributed by atoms with Crippen LogP contribution in [-0.4, -0.2) is 10.1 Å². The highest BCUT2D eigenvalue weighted by molar-refractivity contribution is 5.85. The Morgan fingerprint density at radius 3 is 2.44 bits per heavy atom. The SMILES string of the molecule is Cl.NC(O)(Cc1ccc(F)cc1)c1cccnc1. The molecule has 0 spiro atoms. The van der Waals surface area contributed by atoms with Gasteiger partial charge >= 0.3 is 0 Å². The fourth-order valence-corrected chi connectivity index (χ4v) is 1.63. The van der Waals surface area contributed by atoms with Crippen LogP contribution in [0.3, 0.4) is 0 Å². The molecule has 18 heavy (non-hydrogen) atoms. The third-order valence-corrected chi connectivity index (χ3v) is 2.55. The summed E-state index contributed by atoms with van der Waals surface area (Å²) in [4.78, 5) is 3.91. The van der Waals surface area contributed by atoms with E-state index in [0.29, 0.717) is 5.56 Å². The molecule has 0 aliphatic heterocycles. The van der Waals surface area contributed by atoms with E-state index < -0.39 is 5.72 Å². The molecule has 1 unspecified atom stereocenters. The van der Waals surface area contributed by atoms with Crippen molar-refractivity contribution < 1.29 is 9.50 Å². The molecule has 0 saturated heterocycles. The molecule has 0 fully saturated rings. The van der Waals surface area contributed by atoms with Crippen LogP contribution in [0, 0.1) is 5.82 Å². The van der Waals surface area contributed by atoms with Gasteiger partial charge in [-0.2, -0.15) is 0 Å². The van der Waals surface area contributed by atoms with Crippen molar-refractivity contribution in [3.05, 3.63) is 65.7 Å². The third kappa shape index (κ3) is 3.50. The molecule has 1 atom stereocenters. The molecule has 0 aliphatic carbocycles. The van der Waals surface area contributed by atoms with Gasteiger partial charge < -0.3 is 5.11 Å². The number of aromatic nitrogens is 1. The number of nitrogens with two attached hydrogens (primary N) is 1. The molecule has 96 valence electrons. The fraction of sp³-hybridized carbons (Fsp3) is 0.154. The standard InChI is InChI=1S/C13H13FN2O.ClH/c14-12-5-3-10(4-6-12)8-13(15,17)11-2-1-7-16-9-11;/h1-7,9,17H,8,15H2;1H. The summed E-state index contributed by atoms with van der Waals surface area (Å²) in [6.45, 7) is 0. The van der Waals surface area contributed by atoms with Gasteiger partial charge in [0.15, 0.2) is 0 Å². The number of pyridine rings is 1. The molecule has 0 amide bonds. The van der Waals surface area contributed by atoms with Crippen LogP contribution < -0.4 is 5.73 Å². The highest BCUT2D eigenvalue weighted by atomic mass is 35.5. The Morgan fingerprint density at radius 1 is 1.22 bits per heavy atom. The van der Waals surface area contributed by atoms with E-state index in [1.165, 1.54) is 18.3 Å². The maximum atomic E-state index is 12.7. The molecule has 2 rings (SSSR count). The summed E-state index contributed by atoms with van der Waals surface area (Å²) < 4.78 is 12.7. The maximum absolute atomic E-state index is 12.7. The van der Waals surface area contributed by atoms with Gasteiger partial charge in [-0.25, -0.2) is 4.39 Å². The second-order valence-corrected chi connectivity index (χ2v) is 3.97. The molecular weight excluding hydrogens is 255 g/mol. The lowest BCUT2D eigenvalue weighted by Crippen LogP contribution is -2.38. The molecular formula is C13H14ClFN2O. The second-order valence-electron chi connectivity index (χ2n) is 3.97. The van der Waals surface area contributed by atoms with Crippen molar-refractivity contribution in [2.45, 2.75) is 12.1 Å². The normalized spacial score (nSPS) is 13.5. The fourth-order valence-electron chi connectivity index (χ4n) is 1.63. The molecule has 1 aromatic heterocycles. The van der Waals surface area contributed by atoms with E-state index in [-0.39, 0.29) is 24.6 Å². The van der Waals surface area contributed by atoms with E-state index in [1.807, 2.05) is 0 Å². The lowest BCUT2D eigenvalue weighted by molar-refractivity contribution is 0.0435. The lowest BCUT2D eigenvalue weighted by atomic mass is 9.97. The quantitative estimate of drug-likeness (QED) is 0.837. The minimum Gasteiger partial charge on any atom is -0.371 e. The van der Waals surface area contributed by atoms with Crippen molar-refractivity contribution >= 4 is 12.4 Å². The molecule has 0 radical (unpaired) electrons.